The molecule has 12 nitrogen and oxygen atoms in total. The first-order chi connectivity index (χ1) is 36.0. The molecule has 0 amide bonds. The molecule has 0 bridgehead atoms. The number of hydrogen-bond donors (Lipinski definition) is 1. The molecule has 369 valence electrons. The standard InChI is InChI=1S/C29H19ClN2O2.C16H12ClNO.C13H9NO2.2Al.FH.K.H2O2.O/c30-21-11-9-19(10-12-21)17-31-18-20(23-5-3-4-8-29(23)31)15-27-25-7-2-1-6-24(25)26-14-13-22(32(33)34)16-28(26)27;17-14-7-5-12(6-8-14)9-18-10-13(11-19)15-3-1-2-4-16(15)18;15-14(16)11-5-6-13-10(8-11)7-9-3-1-2-4-12(9)13;;;;;1-2;/h1-16,18H,17H2;1-8,10-11H,9H2;1-6,8H,7H2;;;1H;;1-2H;/q;;;;+1;;+1;;/p-2. The number of carbonyl (C=O) groups is 1. The van der Waals surface area contributed by atoms with E-state index in [0.717, 1.165) is 119 Å². The molecule has 0 atom stereocenters. The van der Waals surface area contributed by atoms with Gasteiger partial charge in [0.15, 0.2) is 6.29 Å². The van der Waals surface area contributed by atoms with Crippen LogP contribution in [0.3, 0.4) is 0 Å². The molecular formula is C58H41Al2Cl2FKN4O8. The van der Waals surface area contributed by atoms with Crippen molar-refractivity contribution in [3.63, 3.8) is 0 Å². The molecule has 0 saturated carbocycles. The van der Waals surface area contributed by atoms with Crippen LogP contribution in [0.25, 0.3) is 55.7 Å². The molecule has 0 saturated heterocycles. The van der Waals surface area contributed by atoms with Crippen LogP contribution >= 0.6 is 23.2 Å². The van der Waals surface area contributed by atoms with Crippen LogP contribution in [0.1, 0.15) is 49.3 Å². The molecule has 3 radical (unpaired) electrons. The summed E-state index contributed by atoms with van der Waals surface area (Å²) in [7, 11) is 0. The fourth-order valence-electron chi connectivity index (χ4n) is 9.35. The predicted octanol–water partition coefficient (Wildman–Crippen LogP) is 8.21. The van der Waals surface area contributed by atoms with Gasteiger partial charge in [-0.2, -0.15) is 0 Å². The van der Waals surface area contributed by atoms with Gasteiger partial charge < -0.3 is 17.8 Å². The van der Waals surface area contributed by atoms with Crippen LogP contribution in [-0.2, 0) is 27.3 Å². The predicted molar refractivity (Wildman–Crippen MR) is 293 cm³/mol. The first-order valence-electron chi connectivity index (χ1n) is 22.8. The molecule has 2 heterocycles. The quantitative estimate of drug-likeness (QED) is 0.0524. The maximum atomic E-state index is 11.5. The summed E-state index contributed by atoms with van der Waals surface area (Å²) >= 11 is 14.7. The van der Waals surface area contributed by atoms with Crippen molar-refractivity contribution >= 4 is 107 Å². The van der Waals surface area contributed by atoms with Crippen molar-refractivity contribution in [2.24, 2.45) is 0 Å². The number of carbonyl (C=O) groups excluding carboxylic acids is 1. The Kier molecular flexibility index (Phi) is 21.7. The summed E-state index contributed by atoms with van der Waals surface area (Å²) in [6.45, 7) is 1.45. The number of aromatic nitrogens is 2. The van der Waals surface area contributed by atoms with E-state index in [1.54, 1.807) is 40.9 Å². The van der Waals surface area contributed by atoms with Crippen molar-refractivity contribution in [1.29, 1.82) is 0 Å². The van der Waals surface area contributed by atoms with Crippen LogP contribution in [0, 0.1) is 20.2 Å². The van der Waals surface area contributed by atoms with Gasteiger partial charge in [-0.15, -0.1) is 0 Å². The first kappa shape index (κ1) is 59.2. The molecule has 0 spiro atoms. The number of aldehydes is 1. The van der Waals surface area contributed by atoms with Gasteiger partial charge in [-0.05, 0) is 122 Å². The number of benzene rings is 8. The molecule has 2 aliphatic carbocycles. The third-order valence-corrected chi connectivity index (χ3v) is 13.1. The van der Waals surface area contributed by atoms with Gasteiger partial charge in [-0.3, -0.25) is 30.3 Å². The van der Waals surface area contributed by atoms with E-state index in [1.165, 1.54) is 27.4 Å². The number of nitro groups is 2. The normalized spacial score (nSPS) is 11.4. The Morgan fingerprint density at radius 1 is 0.553 bits per heavy atom. The maximum absolute atomic E-state index is 11.5. The van der Waals surface area contributed by atoms with Crippen molar-refractivity contribution in [3.05, 3.63) is 269 Å². The Hall–Kier alpha value is -6.02. The van der Waals surface area contributed by atoms with Crippen LogP contribution in [0.5, 0.6) is 0 Å². The first-order valence-corrected chi connectivity index (χ1v) is 24.5. The van der Waals surface area contributed by atoms with Crippen molar-refractivity contribution in [1.82, 2.24) is 9.13 Å². The van der Waals surface area contributed by atoms with Crippen molar-refractivity contribution in [3.8, 4) is 22.3 Å². The van der Waals surface area contributed by atoms with E-state index in [2.05, 4.69) is 61.7 Å². The van der Waals surface area contributed by atoms with E-state index in [9.17, 15) is 25.0 Å². The second kappa shape index (κ2) is 27.9. The van der Waals surface area contributed by atoms with E-state index in [-0.39, 0.29) is 77.3 Å². The topological polar surface area (TPSA) is 160 Å². The molecule has 8 aromatic carbocycles. The minimum absolute atomic E-state index is 0. The summed E-state index contributed by atoms with van der Waals surface area (Å²) in [6.07, 6.45) is 7.92. The third-order valence-electron chi connectivity index (χ3n) is 12.6. The van der Waals surface area contributed by atoms with Gasteiger partial charge in [-0.1, -0.05) is 132 Å². The van der Waals surface area contributed by atoms with Gasteiger partial charge in [0.2, 0.25) is 0 Å². The van der Waals surface area contributed by atoms with Gasteiger partial charge in [-0.25, -0.2) is 0 Å². The number of halogens is 3. The van der Waals surface area contributed by atoms with Crippen molar-refractivity contribution in [2.75, 3.05) is 0 Å². The summed E-state index contributed by atoms with van der Waals surface area (Å²) in [4.78, 5) is 32.6. The van der Waals surface area contributed by atoms with Crippen molar-refractivity contribution in [2.45, 2.75) is 19.5 Å². The van der Waals surface area contributed by atoms with Gasteiger partial charge in [0.05, 0.1) is 9.85 Å². The Bertz CT molecular complexity index is 3730. The summed E-state index contributed by atoms with van der Waals surface area (Å²) in [6, 6.07) is 58.4. The number of nitro benzene ring substituents is 2. The third kappa shape index (κ3) is 13.6. The zero-order chi connectivity index (χ0) is 52.3. The van der Waals surface area contributed by atoms with Gasteiger partial charge in [0, 0.05) is 92.7 Å². The Labute approximate surface area is 505 Å². The van der Waals surface area contributed by atoms with Gasteiger partial charge in [0.1, 0.15) is 0 Å². The van der Waals surface area contributed by atoms with Crippen LogP contribution in [0.4, 0.5) is 11.4 Å². The van der Waals surface area contributed by atoms with E-state index in [0.29, 0.717) is 0 Å². The molecule has 2 aromatic heterocycles. The fraction of sp³-hybridized carbons (Fsp3) is 0.0517. The molecule has 10 aromatic rings. The fourth-order valence-corrected chi connectivity index (χ4v) is 9.60. The Morgan fingerprint density at radius 3 is 1.51 bits per heavy atom. The van der Waals surface area contributed by atoms with E-state index in [1.807, 2.05) is 128 Å². The molecule has 1 N–H and O–H groups in total. The number of rotatable bonds is 8. The zero-order valence-electron chi connectivity index (χ0n) is 40.6. The molecule has 0 aliphatic heterocycles. The SMILES string of the molecule is O=Cc1cn(Cc2ccc(Cl)cc2)c2ccccc12.O=[N+]([O-])c1ccc2c(c1)C(=Cc1cn(Cc3ccc(Cl)cc3)c3ccccc13)c1ccccc1-2.O=[N+]([O-])c1ccc2c(c1)Cc1ccccc1-2.O[O][Al].[F-].[K+].[O]=[Al]. The number of para-hydroxylation sites is 2. The number of nitrogens with zero attached hydrogens (tertiary/aromatic N) is 4. The van der Waals surface area contributed by atoms with Crippen LogP contribution in [-0.4, -0.2) is 63.4 Å². The molecule has 0 unspecified atom stereocenters. The number of hydrogen-bond acceptors (Lipinski definition) is 8. The van der Waals surface area contributed by atoms with E-state index < -0.39 is 0 Å². The van der Waals surface area contributed by atoms with Crippen LogP contribution in [0.15, 0.2) is 194 Å². The monoisotopic (exact) mass is 1100 g/mol. The van der Waals surface area contributed by atoms with Gasteiger partial charge in [0.25, 0.3) is 11.4 Å². The molecule has 12 rings (SSSR count). The molecular weight excluding hydrogens is 1060 g/mol. The minimum atomic E-state index is -0.344. The number of fused-ring (bicyclic) bond motifs is 8. The second-order valence-electron chi connectivity index (χ2n) is 17.0. The second-order valence-corrected chi connectivity index (χ2v) is 18.0. The molecule has 2 aliphatic rings. The summed E-state index contributed by atoms with van der Waals surface area (Å²) in [5.74, 6) is 0. The number of non-ortho nitro benzene ring substituents is 2. The summed E-state index contributed by atoms with van der Waals surface area (Å²) in [5, 5.41) is 32.8. The average molecular weight is 1100 g/mol. The zero-order valence-corrected chi connectivity index (χ0v) is 47.6. The average Bonchev–Trinajstić information content (AvgIpc) is 4.19. The summed E-state index contributed by atoms with van der Waals surface area (Å²) in [5.41, 5.74) is 16.3. The Balaban J connectivity index is 0.000000190. The Morgan fingerprint density at radius 2 is 0.974 bits per heavy atom. The van der Waals surface area contributed by atoms with Crippen LogP contribution < -0.4 is 56.1 Å². The van der Waals surface area contributed by atoms with Gasteiger partial charge >= 0.3 is 88.0 Å². The molecule has 76 heavy (non-hydrogen) atoms. The van der Waals surface area contributed by atoms with Crippen molar-refractivity contribution < 1.29 is 83.7 Å². The molecule has 18 heteroatoms. The van der Waals surface area contributed by atoms with E-state index in [4.69, 9.17) is 32.3 Å². The van der Waals surface area contributed by atoms with E-state index >= 15 is 0 Å². The summed E-state index contributed by atoms with van der Waals surface area (Å²) < 4.78 is 15.7. The molecule has 0 fully saturated rings. The van der Waals surface area contributed by atoms with Crippen LogP contribution in [0.2, 0.25) is 10.0 Å².